The summed E-state index contributed by atoms with van der Waals surface area (Å²) in [5, 5.41) is 0. The Morgan fingerprint density at radius 2 is 1.46 bits per heavy atom. The standard InChI is InChI=1S/C21H21NO4/c1-22-18(14-10-6-4-7-11-14)16(20(23)25-2)17(21(24)26-3)19(22)15-12-8-5-9-13-15/h4-13,16,18H,1-3H3/t16?,18-/m1/s1. The highest BCUT2D eigenvalue weighted by Crippen LogP contribution is 2.47. The average molecular weight is 351 g/mol. The van der Waals surface area contributed by atoms with Gasteiger partial charge in [0.2, 0.25) is 0 Å². The number of carbonyl (C=O) groups excluding carboxylic acids is 2. The Kier molecular flexibility index (Phi) is 5.07. The first-order chi connectivity index (χ1) is 12.6. The highest BCUT2D eigenvalue weighted by atomic mass is 16.5. The third-order valence-corrected chi connectivity index (χ3v) is 4.70. The lowest BCUT2D eigenvalue weighted by Gasteiger charge is -2.28. The summed E-state index contributed by atoms with van der Waals surface area (Å²) in [6.07, 6.45) is 0. The monoisotopic (exact) mass is 351 g/mol. The van der Waals surface area contributed by atoms with E-state index in [2.05, 4.69) is 0 Å². The van der Waals surface area contributed by atoms with Gasteiger partial charge in [-0.3, -0.25) is 4.79 Å². The van der Waals surface area contributed by atoms with Crippen molar-refractivity contribution < 1.29 is 19.1 Å². The minimum Gasteiger partial charge on any atom is -0.468 e. The van der Waals surface area contributed by atoms with Crippen molar-refractivity contribution in [3.05, 3.63) is 77.4 Å². The molecule has 134 valence electrons. The SMILES string of the molecule is COC(=O)C1=C(c2ccccc2)N(C)[C@H](c2ccccc2)C1C(=O)OC. The molecule has 0 fully saturated rings. The van der Waals surface area contributed by atoms with Gasteiger partial charge in [0, 0.05) is 7.05 Å². The molecule has 2 atom stereocenters. The first-order valence-electron chi connectivity index (χ1n) is 8.33. The summed E-state index contributed by atoms with van der Waals surface area (Å²) in [6, 6.07) is 18.8. The molecule has 3 rings (SSSR count). The molecule has 1 unspecified atom stereocenters. The molecule has 0 N–H and O–H groups in total. The summed E-state index contributed by atoms with van der Waals surface area (Å²) in [5.74, 6) is -1.75. The molecule has 1 aliphatic heterocycles. The van der Waals surface area contributed by atoms with E-state index in [1.165, 1.54) is 14.2 Å². The van der Waals surface area contributed by atoms with Crippen LogP contribution in [0.4, 0.5) is 0 Å². The molecule has 0 radical (unpaired) electrons. The van der Waals surface area contributed by atoms with E-state index in [9.17, 15) is 9.59 Å². The lowest BCUT2D eigenvalue weighted by molar-refractivity contribution is -0.148. The van der Waals surface area contributed by atoms with Crippen LogP contribution < -0.4 is 0 Å². The van der Waals surface area contributed by atoms with Crippen molar-refractivity contribution in [2.24, 2.45) is 5.92 Å². The predicted octanol–water partition coefficient (Wildman–Crippen LogP) is 3.05. The van der Waals surface area contributed by atoms with Gasteiger partial charge < -0.3 is 14.4 Å². The average Bonchev–Trinajstić information content (AvgIpc) is 3.01. The zero-order chi connectivity index (χ0) is 18.7. The van der Waals surface area contributed by atoms with Gasteiger partial charge in [-0.05, 0) is 11.1 Å². The number of rotatable bonds is 4. The summed E-state index contributed by atoms with van der Waals surface area (Å²) < 4.78 is 10.0. The third kappa shape index (κ3) is 2.96. The van der Waals surface area contributed by atoms with Crippen LogP contribution in [0.25, 0.3) is 5.70 Å². The topological polar surface area (TPSA) is 55.8 Å². The molecule has 0 spiro atoms. The van der Waals surface area contributed by atoms with Gasteiger partial charge in [0.25, 0.3) is 0 Å². The Bertz CT molecular complexity index is 830. The van der Waals surface area contributed by atoms with Gasteiger partial charge in [-0.1, -0.05) is 60.7 Å². The van der Waals surface area contributed by atoms with Crippen LogP contribution in [0.5, 0.6) is 0 Å². The fourth-order valence-corrected chi connectivity index (χ4v) is 3.59. The third-order valence-electron chi connectivity index (χ3n) is 4.70. The summed E-state index contributed by atoms with van der Waals surface area (Å²) in [7, 11) is 4.54. The van der Waals surface area contributed by atoms with Crippen molar-refractivity contribution in [2.45, 2.75) is 6.04 Å². The predicted molar refractivity (Wildman–Crippen MR) is 97.8 cm³/mol. The molecular weight excluding hydrogens is 330 g/mol. The van der Waals surface area contributed by atoms with Crippen LogP contribution in [0.2, 0.25) is 0 Å². The molecule has 2 aromatic rings. The lowest BCUT2D eigenvalue weighted by atomic mass is 9.89. The van der Waals surface area contributed by atoms with E-state index in [4.69, 9.17) is 9.47 Å². The normalized spacial score (nSPS) is 19.4. The number of hydrogen-bond acceptors (Lipinski definition) is 5. The number of methoxy groups -OCH3 is 2. The molecule has 2 aromatic carbocycles. The highest BCUT2D eigenvalue weighted by Gasteiger charge is 2.48. The van der Waals surface area contributed by atoms with Gasteiger partial charge in [0.15, 0.2) is 0 Å². The van der Waals surface area contributed by atoms with E-state index in [0.29, 0.717) is 11.3 Å². The lowest BCUT2D eigenvalue weighted by Crippen LogP contribution is -2.30. The second kappa shape index (κ2) is 7.44. The highest BCUT2D eigenvalue weighted by molar-refractivity contribution is 6.04. The van der Waals surface area contributed by atoms with E-state index in [-0.39, 0.29) is 6.04 Å². The first-order valence-corrected chi connectivity index (χ1v) is 8.33. The number of benzene rings is 2. The first kappa shape index (κ1) is 17.7. The summed E-state index contributed by atoms with van der Waals surface area (Å²) >= 11 is 0. The van der Waals surface area contributed by atoms with E-state index in [0.717, 1.165) is 11.1 Å². The Morgan fingerprint density at radius 1 is 0.885 bits per heavy atom. The molecule has 0 bridgehead atoms. The Balaban J connectivity index is 2.23. The molecule has 1 heterocycles. The minimum atomic E-state index is -0.768. The molecule has 1 aliphatic rings. The van der Waals surface area contributed by atoms with Crippen molar-refractivity contribution in [3.63, 3.8) is 0 Å². The Hall–Kier alpha value is -3.08. The second-order valence-electron chi connectivity index (χ2n) is 6.09. The summed E-state index contributed by atoms with van der Waals surface area (Å²) in [5.41, 5.74) is 2.78. The van der Waals surface area contributed by atoms with E-state index < -0.39 is 17.9 Å². The van der Waals surface area contributed by atoms with Crippen molar-refractivity contribution in [3.8, 4) is 0 Å². The van der Waals surface area contributed by atoms with Gasteiger partial charge in [-0.25, -0.2) is 4.79 Å². The molecule has 0 aliphatic carbocycles. The molecule has 5 heteroatoms. The van der Waals surface area contributed by atoms with E-state index in [1.807, 2.05) is 72.6 Å². The van der Waals surface area contributed by atoms with Gasteiger partial charge in [-0.15, -0.1) is 0 Å². The number of nitrogens with zero attached hydrogens (tertiary/aromatic N) is 1. The second-order valence-corrected chi connectivity index (χ2v) is 6.09. The van der Waals surface area contributed by atoms with Crippen LogP contribution in [0, 0.1) is 5.92 Å². The van der Waals surface area contributed by atoms with E-state index in [1.54, 1.807) is 0 Å². The van der Waals surface area contributed by atoms with Crippen molar-refractivity contribution in [1.29, 1.82) is 0 Å². The van der Waals surface area contributed by atoms with Crippen LogP contribution >= 0.6 is 0 Å². The van der Waals surface area contributed by atoms with Crippen LogP contribution in [-0.2, 0) is 19.1 Å². The quantitative estimate of drug-likeness (QED) is 0.793. The molecule has 5 nitrogen and oxygen atoms in total. The van der Waals surface area contributed by atoms with E-state index >= 15 is 0 Å². The van der Waals surface area contributed by atoms with Crippen LogP contribution in [0.1, 0.15) is 17.2 Å². The van der Waals surface area contributed by atoms with Crippen LogP contribution in [-0.4, -0.2) is 38.1 Å². The van der Waals surface area contributed by atoms with Gasteiger partial charge in [0.05, 0.1) is 31.5 Å². The minimum absolute atomic E-state index is 0.321. The Labute approximate surface area is 152 Å². The smallest absolute Gasteiger partial charge is 0.336 e. The number of ether oxygens (including phenoxy) is 2. The molecule has 0 saturated heterocycles. The van der Waals surface area contributed by atoms with Crippen molar-refractivity contribution >= 4 is 17.6 Å². The maximum absolute atomic E-state index is 12.7. The van der Waals surface area contributed by atoms with Crippen molar-refractivity contribution in [1.82, 2.24) is 4.90 Å². The fraction of sp³-hybridized carbons (Fsp3) is 0.238. The summed E-state index contributed by atoms with van der Waals surface area (Å²) in [4.78, 5) is 27.3. The number of esters is 2. The number of carbonyl (C=O) groups is 2. The zero-order valence-corrected chi connectivity index (χ0v) is 15.0. The maximum atomic E-state index is 12.7. The van der Waals surface area contributed by atoms with Gasteiger partial charge >= 0.3 is 11.9 Å². The molecule has 0 amide bonds. The number of hydrogen-bond donors (Lipinski definition) is 0. The van der Waals surface area contributed by atoms with Gasteiger partial charge in [0.1, 0.15) is 5.92 Å². The van der Waals surface area contributed by atoms with Crippen LogP contribution in [0.15, 0.2) is 66.2 Å². The molecule has 26 heavy (non-hydrogen) atoms. The van der Waals surface area contributed by atoms with Crippen LogP contribution in [0.3, 0.4) is 0 Å². The fourth-order valence-electron chi connectivity index (χ4n) is 3.59. The van der Waals surface area contributed by atoms with Crippen molar-refractivity contribution in [2.75, 3.05) is 21.3 Å². The summed E-state index contributed by atoms with van der Waals surface area (Å²) in [6.45, 7) is 0. The zero-order valence-electron chi connectivity index (χ0n) is 15.0. The Morgan fingerprint density at radius 3 is 2.00 bits per heavy atom. The van der Waals surface area contributed by atoms with Gasteiger partial charge in [-0.2, -0.15) is 0 Å². The molecule has 0 aromatic heterocycles. The largest absolute Gasteiger partial charge is 0.468 e. The maximum Gasteiger partial charge on any atom is 0.336 e. The molecular formula is C21H21NO4. The molecule has 0 saturated carbocycles.